The van der Waals surface area contributed by atoms with Gasteiger partial charge in [-0.25, -0.2) is 4.98 Å². The second-order valence-electron chi connectivity index (χ2n) is 15.6. The van der Waals surface area contributed by atoms with Crippen molar-refractivity contribution in [1.29, 1.82) is 0 Å². The Hall–Kier alpha value is -3.62. The molecule has 49 heavy (non-hydrogen) atoms. The summed E-state index contributed by atoms with van der Waals surface area (Å²) in [5.74, 6) is 2.18. The van der Waals surface area contributed by atoms with Crippen molar-refractivity contribution in [2.24, 2.45) is 0 Å². The molecule has 1 atom stereocenters. The van der Waals surface area contributed by atoms with E-state index in [-0.39, 0.29) is 22.4 Å². The Labute approximate surface area is 296 Å². The van der Waals surface area contributed by atoms with Gasteiger partial charge in [0.25, 0.3) is 0 Å². The number of carbonyl (C=O) groups is 1. The molecule has 0 N–H and O–H groups in total. The Kier molecular flexibility index (Phi) is 12.4. The maximum atomic E-state index is 13.3. The highest BCUT2D eigenvalue weighted by molar-refractivity contribution is 6.74. The van der Waals surface area contributed by atoms with Crippen molar-refractivity contribution in [2.45, 2.75) is 110 Å². The van der Waals surface area contributed by atoms with Gasteiger partial charge in [0.05, 0.1) is 33.1 Å². The second kappa shape index (κ2) is 15.9. The number of amides is 1. The van der Waals surface area contributed by atoms with Crippen LogP contribution in [-0.4, -0.2) is 58.1 Å². The maximum Gasteiger partial charge on any atom is 0.223 e. The van der Waals surface area contributed by atoms with Gasteiger partial charge in [-0.1, -0.05) is 78.0 Å². The Morgan fingerprint density at radius 2 is 1.59 bits per heavy atom. The number of carbonyl (C=O) groups excluding carboxylic acids is 1. The molecule has 1 amide bonds. The van der Waals surface area contributed by atoms with Gasteiger partial charge in [-0.05, 0) is 78.6 Å². The molecular weight excluding hydrogens is 629 g/mol. The van der Waals surface area contributed by atoms with Gasteiger partial charge < -0.3 is 23.5 Å². The van der Waals surface area contributed by atoms with Crippen LogP contribution >= 0.6 is 0 Å². The van der Waals surface area contributed by atoms with Gasteiger partial charge in [-0.15, -0.1) is 0 Å². The second-order valence-corrected chi connectivity index (χ2v) is 20.5. The first-order valence-electron chi connectivity index (χ1n) is 17.6. The summed E-state index contributed by atoms with van der Waals surface area (Å²) in [5.41, 5.74) is 6.19. The standard InChI is InChI=1S/C41H58N2O5Si/c1-40(2,3)32-19-15-29(16-20-32)35(26-33-21-24-38(44)43(33)28-31-17-22-34(45-7)27-37(31)46-8)36-23-18-30(39(42-36)47-9)14-12-13-25-48-49(10,11)41(4,5)6/h15-20,22-23,26-27,33H,12-14,21,24-25,28H2,1-11H3/t33-/m1/s1. The Balaban J connectivity index is 1.63. The van der Waals surface area contributed by atoms with E-state index in [0.29, 0.717) is 30.3 Å². The SMILES string of the molecule is COc1ccc(CN2C(=O)CC[C@@H]2C=C(c2ccc(C(C)(C)C)cc2)c2ccc(CCCCO[Si](C)(C)C(C)(C)C)c(OC)n2)c(OC)c1. The number of hydrogen-bond donors (Lipinski definition) is 0. The number of rotatable bonds is 14. The normalized spacial score (nSPS) is 15.9. The maximum absolute atomic E-state index is 13.3. The van der Waals surface area contributed by atoms with E-state index in [4.69, 9.17) is 23.6 Å². The van der Waals surface area contributed by atoms with Crippen LogP contribution in [0, 0.1) is 0 Å². The largest absolute Gasteiger partial charge is 0.497 e. The molecule has 0 unspecified atom stereocenters. The lowest BCUT2D eigenvalue weighted by Crippen LogP contribution is -2.40. The quantitative estimate of drug-likeness (QED) is 0.124. The number of pyridine rings is 1. The van der Waals surface area contributed by atoms with Crippen LogP contribution in [0.25, 0.3) is 5.57 Å². The molecule has 266 valence electrons. The van der Waals surface area contributed by atoms with E-state index in [1.807, 2.05) is 23.1 Å². The summed E-state index contributed by atoms with van der Waals surface area (Å²) >= 11 is 0. The summed E-state index contributed by atoms with van der Waals surface area (Å²) < 4.78 is 23.3. The Bertz CT molecular complexity index is 1600. The molecule has 1 aliphatic rings. The average molecular weight is 687 g/mol. The van der Waals surface area contributed by atoms with Gasteiger partial charge in [0.2, 0.25) is 11.8 Å². The number of methoxy groups -OCH3 is 3. The first kappa shape index (κ1) is 38.2. The lowest BCUT2D eigenvalue weighted by atomic mass is 9.86. The number of aryl methyl sites for hydroxylation is 1. The third-order valence-corrected chi connectivity index (χ3v) is 14.7. The molecule has 7 nitrogen and oxygen atoms in total. The van der Waals surface area contributed by atoms with Crippen LogP contribution in [0.3, 0.4) is 0 Å². The van der Waals surface area contributed by atoms with E-state index in [9.17, 15) is 4.79 Å². The summed E-state index contributed by atoms with van der Waals surface area (Å²) in [6.45, 7) is 19.3. The summed E-state index contributed by atoms with van der Waals surface area (Å²) in [6.07, 6.45) is 6.29. The predicted molar refractivity (Wildman–Crippen MR) is 202 cm³/mol. The number of ether oxygens (including phenoxy) is 3. The van der Waals surface area contributed by atoms with Gasteiger partial charge in [-0.2, -0.15) is 0 Å². The molecule has 0 aliphatic carbocycles. The fourth-order valence-electron chi connectivity index (χ4n) is 5.92. The zero-order chi connectivity index (χ0) is 36.0. The minimum Gasteiger partial charge on any atom is -0.497 e. The molecule has 1 aromatic heterocycles. The molecular formula is C41H58N2O5Si. The Morgan fingerprint density at radius 1 is 0.898 bits per heavy atom. The molecule has 1 fully saturated rings. The van der Waals surface area contributed by atoms with Gasteiger partial charge in [0.1, 0.15) is 11.5 Å². The summed E-state index contributed by atoms with van der Waals surface area (Å²) in [6, 6.07) is 18.6. The number of benzene rings is 2. The molecule has 2 aromatic carbocycles. The minimum atomic E-state index is -1.75. The van der Waals surface area contributed by atoms with Crippen LogP contribution in [0.5, 0.6) is 17.4 Å². The number of nitrogens with zero attached hydrogens (tertiary/aromatic N) is 2. The van der Waals surface area contributed by atoms with E-state index in [1.54, 1.807) is 21.3 Å². The number of unbranched alkanes of at least 4 members (excludes halogenated alkanes) is 1. The van der Waals surface area contributed by atoms with Crippen molar-refractivity contribution in [2.75, 3.05) is 27.9 Å². The van der Waals surface area contributed by atoms with Crippen molar-refractivity contribution in [3.8, 4) is 17.4 Å². The van der Waals surface area contributed by atoms with Crippen molar-refractivity contribution >= 4 is 19.8 Å². The molecule has 3 aromatic rings. The molecule has 0 bridgehead atoms. The van der Waals surface area contributed by atoms with Gasteiger partial charge in [0.15, 0.2) is 8.32 Å². The molecule has 0 spiro atoms. The smallest absolute Gasteiger partial charge is 0.223 e. The topological polar surface area (TPSA) is 70.1 Å². The summed E-state index contributed by atoms with van der Waals surface area (Å²) in [5, 5.41) is 0.208. The van der Waals surface area contributed by atoms with E-state index < -0.39 is 8.32 Å². The highest BCUT2D eigenvalue weighted by Crippen LogP contribution is 2.37. The monoisotopic (exact) mass is 686 g/mol. The van der Waals surface area contributed by atoms with Gasteiger partial charge in [0, 0.05) is 42.3 Å². The summed E-state index contributed by atoms with van der Waals surface area (Å²) in [4.78, 5) is 20.3. The predicted octanol–water partition coefficient (Wildman–Crippen LogP) is 9.37. The van der Waals surface area contributed by atoms with Gasteiger partial charge >= 0.3 is 0 Å². The van der Waals surface area contributed by atoms with E-state index in [1.165, 1.54) is 5.56 Å². The fraction of sp³-hybridized carbons (Fsp3) is 0.512. The fourth-order valence-corrected chi connectivity index (χ4v) is 7.01. The number of aromatic nitrogens is 1. The van der Waals surface area contributed by atoms with Crippen LogP contribution in [-0.2, 0) is 27.6 Å². The van der Waals surface area contributed by atoms with Crippen molar-refractivity contribution in [1.82, 2.24) is 9.88 Å². The Morgan fingerprint density at radius 3 is 2.20 bits per heavy atom. The van der Waals surface area contributed by atoms with Crippen LogP contribution in [0.2, 0.25) is 18.1 Å². The van der Waals surface area contributed by atoms with E-state index in [2.05, 4.69) is 97.1 Å². The number of likely N-dealkylation sites (tertiary alicyclic amines) is 1. The van der Waals surface area contributed by atoms with Crippen LogP contribution in [0.15, 0.2) is 60.7 Å². The van der Waals surface area contributed by atoms with E-state index >= 15 is 0 Å². The molecule has 8 heteroatoms. The van der Waals surface area contributed by atoms with Crippen LogP contribution in [0.1, 0.15) is 95.2 Å². The molecule has 0 radical (unpaired) electrons. The van der Waals surface area contributed by atoms with Crippen LogP contribution < -0.4 is 14.2 Å². The van der Waals surface area contributed by atoms with Crippen LogP contribution in [0.4, 0.5) is 0 Å². The van der Waals surface area contributed by atoms with E-state index in [0.717, 1.165) is 60.2 Å². The third kappa shape index (κ3) is 9.54. The molecule has 0 saturated carbocycles. The van der Waals surface area contributed by atoms with Crippen molar-refractivity contribution in [3.05, 3.63) is 88.6 Å². The van der Waals surface area contributed by atoms with Gasteiger partial charge in [-0.3, -0.25) is 4.79 Å². The molecule has 2 heterocycles. The molecule has 1 saturated heterocycles. The highest BCUT2D eigenvalue weighted by atomic mass is 28.4. The zero-order valence-corrected chi connectivity index (χ0v) is 32.7. The molecule has 1 aliphatic heterocycles. The summed E-state index contributed by atoms with van der Waals surface area (Å²) in [7, 11) is 3.22. The van der Waals surface area contributed by atoms with Crippen molar-refractivity contribution in [3.63, 3.8) is 0 Å². The third-order valence-electron chi connectivity index (χ3n) is 10.1. The lowest BCUT2D eigenvalue weighted by Gasteiger charge is -2.36. The highest BCUT2D eigenvalue weighted by Gasteiger charge is 2.37. The number of hydrogen-bond acceptors (Lipinski definition) is 6. The minimum absolute atomic E-state index is 0.0351. The molecule has 4 rings (SSSR count). The first-order valence-corrected chi connectivity index (χ1v) is 20.5. The van der Waals surface area contributed by atoms with Crippen molar-refractivity contribution < 1.29 is 23.4 Å². The lowest BCUT2D eigenvalue weighted by molar-refractivity contribution is -0.129. The average Bonchev–Trinajstić information content (AvgIpc) is 3.40. The zero-order valence-electron chi connectivity index (χ0n) is 31.7. The first-order chi connectivity index (χ1) is 23.1.